The number of allylic oxidation sites excluding steroid dienone is 1. The Morgan fingerprint density at radius 2 is 1.78 bits per heavy atom. The van der Waals surface area contributed by atoms with E-state index in [9.17, 15) is 9.59 Å². The normalized spacial score (nSPS) is 10.7. The smallest absolute Gasteiger partial charge is 0.341 e. The number of carboxylic acid groups (broad SMARTS) is 1. The van der Waals surface area contributed by atoms with E-state index in [1.165, 1.54) is 11.6 Å². The Morgan fingerprint density at radius 1 is 1.09 bits per heavy atom. The summed E-state index contributed by atoms with van der Waals surface area (Å²) >= 11 is 0. The molecule has 23 heavy (non-hydrogen) atoms. The number of hydrogen-bond donors (Lipinski definition) is 1. The van der Waals surface area contributed by atoms with Gasteiger partial charge in [-0.05, 0) is 55.3 Å². The number of carboxylic acids is 1. The quantitative estimate of drug-likeness (QED) is 0.653. The lowest BCUT2D eigenvalue weighted by Gasteiger charge is -2.04. The van der Waals surface area contributed by atoms with Gasteiger partial charge in [0.25, 0.3) is 0 Å². The summed E-state index contributed by atoms with van der Waals surface area (Å²) in [6.45, 7) is 3.63. The summed E-state index contributed by atoms with van der Waals surface area (Å²) in [7, 11) is 0. The van der Waals surface area contributed by atoms with Crippen molar-refractivity contribution < 1.29 is 19.4 Å². The molecule has 0 bridgehead atoms. The van der Waals surface area contributed by atoms with Gasteiger partial charge in [-0.15, -0.1) is 0 Å². The highest BCUT2D eigenvalue weighted by atomic mass is 16.5. The monoisotopic (exact) mass is 310 g/mol. The van der Waals surface area contributed by atoms with Gasteiger partial charge in [-0.25, -0.2) is 4.79 Å². The second-order valence-electron chi connectivity index (χ2n) is 5.26. The number of ether oxygens (including phenoxy) is 1. The lowest BCUT2D eigenvalue weighted by Crippen LogP contribution is -2.09. The number of carbonyl (C=O) groups is 2. The summed E-state index contributed by atoms with van der Waals surface area (Å²) in [5.41, 5.74) is 3.83. The van der Waals surface area contributed by atoms with Crippen molar-refractivity contribution in [2.24, 2.45) is 0 Å². The molecule has 118 valence electrons. The molecule has 0 spiro atoms. The Hall–Kier alpha value is -2.88. The molecule has 4 nitrogen and oxygen atoms in total. The molecular formula is C19H18O4. The Balaban J connectivity index is 2.05. The first kappa shape index (κ1) is 16.5. The van der Waals surface area contributed by atoms with E-state index in [4.69, 9.17) is 9.84 Å². The molecule has 0 saturated heterocycles. The fourth-order valence-electron chi connectivity index (χ4n) is 2.13. The molecular weight excluding hydrogens is 292 g/mol. The third-order valence-electron chi connectivity index (χ3n) is 3.34. The van der Waals surface area contributed by atoms with Crippen LogP contribution in [0.4, 0.5) is 0 Å². The average molecular weight is 310 g/mol. The van der Waals surface area contributed by atoms with E-state index in [1.54, 1.807) is 30.3 Å². The molecule has 0 radical (unpaired) electrons. The molecule has 0 unspecified atom stereocenters. The van der Waals surface area contributed by atoms with Gasteiger partial charge in [0.05, 0.1) is 0 Å². The van der Waals surface area contributed by atoms with Crippen molar-refractivity contribution in [2.75, 3.05) is 6.61 Å². The van der Waals surface area contributed by atoms with Gasteiger partial charge in [0.1, 0.15) is 5.75 Å². The molecule has 0 aliphatic rings. The summed E-state index contributed by atoms with van der Waals surface area (Å²) in [5, 5.41) is 8.55. The summed E-state index contributed by atoms with van der Waals surface area (Å²) in [6, 6.07) is 12.5. The molecule has 0 aliphatic carbocycles. The highest BCUT2D eigenvalue weighted by molar-refractivity contribution is 6.06. The molecule has 0 aromatic heterocycles. The van der Waals surface area contributed by atoms with Gasteiger partial charge in [0.2, 0.25) is 0 Å². The predicted octanol–water partition coefficient (Wildman–Crippen LogP) is 3.66. The molecule has 0 heterocycles. The molecule has 0 aliphatic heterocycles. The number of benzene rings is 2. The van der Waals surface area contributed by atoms with Crippen LogP contribution in [0.5, 0.6) is 5.75 Å². The Kier molecular flexibility index (Phi) is 5.31. The van der Waals surface area contributed by atoms with E-state index >= 15 is 0 Å². The lowest BCUT2D eigenvalue weighted by atomic mass is 10.0. The Labute approximate surface area is 135 Å². The van der Waals surface area contributed by atoms with Gasteiger partial charge in [-0.3, -0.25) is 4.79 Å². The van der Waals surface area contributed by atoms with Gasteiger partial charge < -0.3 is 9.84 Å². The highest BCUT2D eigenvalue weighted by Gasteiger charge is 2.04. The predicted molar refractivity (Wildman–Crippen MR) is 88.9 cm³/mol. The minimum Gasteiger partial charge on any atom is -0.482 e. The Morgan fingerprint density at radius 3 is 2.39 bits per heavy atom. The number of aryl methyl sites for hydroxylation is 2. The van der Waals surface area contributed by atoms with Crippen LogP contribution >= 0.6 is 0 Å². The molecule has 0 fully saturated rings. The number of ketones is 1. The van der Waals surface area contributed by atoms with Crippen molar-refractivity contribution in [3.63, 3.8) is 0 Å². The van der Waals surface area contributed by atoms with Crippen molar-refractivity contribution in [1.82, 2.24) is 0 Å². The van der Waals surface area contributed by atoms with Gasteiger partial charge in [-0.1, -0.05) is 29.8 Å². The third-order valence-corrected chi connectivity index (χ3v) is 3.34. The number of carbonyl (C=O) groups excluding carboxylic acids is 1. The zero-order chi connectivity index (χ0) is 16.8. The molecule has 4 heteroatoms. The van der Waals surface area contributed by atoms with Gasteiger partial charge >= 0.3 is 5.97 Å². The first-order valence-corrected chi connectivity index (χ1v) is 7.20. The lowest BCUT2D eigenvalue weighted by molar-refractivity contribution is -0.139. The Bertz CT molecular complexity index is 742. The second kappa shape index (κ2) is 7.40. The fourth-order valence-corrected chi connectivity index (χ4v) is 2.13. The minimum absolute atomic E-state index is 0.116. The first-order valence-electron chi connectivity index (χ1n) is 7.20. The van der Waals surface area contributed by atoms with Crippen molar-refractivity contribution in [2.45, 2.75) is 13.8 Å². The van der Waals surface area contributed by atoms with Crippen LogP contribution in [0.25, 0.3) is 6.08 Å². The summed E-state index contributed by atoms with van der Waals surface area (Å²) in [4.78, 5) is 22.6. The average Bonchev–Trinajstić information content (AvgIpc) is 2.52. The maximum Gasteiger partial charge on any atom is 0.341 e. The van der Waals surface area contributed by atoms with Crippen molar-refractivity contribution >= 4 is 17.8 Å². The largest absolute Gasteiger partial charge is 0.482 e. The summed E-state index contributed by atoms with van der Waals surface area (Å²) in [5.74, 6) is -0.737. The summed E-state index contributed by atoms with van der Waals surface area (Å²) in [6.07, 6.45) is 3.33. The summed E-state index contributed by atoms with van der Waals surface area (Å²) < 4.78 is 5.03. The molecule has 2 aromatic rings. The maximum atomic E-state index is 12.2. The van der Waals surface area contributed by atoms with E-state index in [2.05, 4.69) is 6.07 Å². The second-order valence-corrected chi connectivity index (χ2v) is 5.26. The molecule has 2 aromatic carbocycles. The number of hydrogen-bond acceptors (Lipinski definition) is 3. The van der Waals surface area contributed by atoms with E-state index in [0.29, 0.717) is 11.3 Å². The van der Waals surface area contributed by atoms with Crippen molar-refractivity contribution in [1.29, 1.82) is 0 Å². The van der Waals surface area contributed by atoms with Crippen LogP contribution in [0.15, 0.2) is 48.5 Å². The third kappa shape index (κ3) is 4.81. The van der Waals surface area contributed by atoms with Crippen molar-refractivity contribution in [3.8, 4) is 5.75 Å². The van der Waals surface area contributed by atoms with E-state index in [0.717, 1.165) is 11.1 Å². The molecule has 1 N–H and O–H groups in total. The van der Waals surface area contributed by atoms with Crippen LogP contribution in [0, 0.1) is 13.8 Å². The first-order chi connectivity index (χ1) is 11.0. The highest BCUT2D eigenvalue weighted by Crippen LogP contribution is 2.15. The van der Waals surface area contributed by atoms with Crippen molar-refractivity contribution in [3.05, 3.63) is 70.8 Å². The topological polar surface area (TPSA) is 63.6 Å². The van der Waals surface area contributed by atoms with Crippen LogP contribution in [0.1, 0.15) is 27.0 Å². The van der Waals surface area contributed by atoms with Crippen LogP contribution in [0.2, 0.25) is 0 Å². The zero-order valence-corrected chi connectivity index (χ0v) is 13.1. The zero-order valence-electron chi connectivity index (χ0n) is 13.1. The van der Waals surface area contributed by atoms with Crippen LogP contribution in [-0.4, -0.2) is 23.5 Å². The fraction of sp³-hybridized carbons (Fsp3) is 0.158. The van der Waals surface area contributed by atoms with Gasteiger partial charge in [-0.2, -0.15) is 0 Å². The molecule has 0 saturated carbocycles. The molecule has 0 atom stereocenters. The standard InChI is InChI=1S/C19H18O4/c1-13-3-4-15(14(2)11-13)7-10-18(20)16-5-8-17(9-6-16)23-12-19(21)22/h3-11H,12H2,1-2H3,(H,21,22)/b10-7+. The van der Waals surface area contributed by atoms with E-state index in [-0.39, 0.29) is 5.78 Å². The van der Waals surface area contributed by atoms with Crippen LogP contribution < -0.4 is 4.74 Å². The SMILES string of the molecule is Cc1ccc(/C=C/C(=O)c2ccc(OCC(=O)O)cc2)c(C)c1. The van der Waals surface area contributed by atoms with Crippen LogP contribution in [0.3, 0.4) is 0 Å². The molecule has 2 rings (SSSR count). The van der Waals surface area contributed by atoms with E-state index in [1.807, 2.05) is 26.0 Å². The molecule has 0 amide bonds. The number of aliphatic carboxylic acids is 1. The number of rotatable bonds is 6. The van der Waals surface area contributed by atoms with Gasteiger partial charge in [0, 0.05) is 5.56 Å². The maximum absolute atomic E-state index is 12.2. The van der Waals surface area contributed by atoms with Gasteiger partial charge in [0.15, 0.2) is 12.4 Å². The minimum atomic E-state index is -1.04. The van der Waals surface area contributed by atoms with E-state index < -0.39 is 12.6 Å². The van der Waals surface area contributed by atoms with Crippen LogP contribution in [-0.2, 0) is 4.79 Å².